The van der Waals surface area contributed by atoms with E-state index in [-0.39, 0.29) is 13.2 Å². The second-order valence-corrected chi connectivity index (χ2v) is 5.05. The van der Waals surface area contributed by atoms with Gasteiger partial charge in [-0.2, -0.15) is 12.7 Å². The van der Waals surface area contributed by atoms with E-state index in [0.717, 1.165) is 4.31 Å². The maximum atomic E-state index is 11.6. The monoisotopic (exact) mass is 245 g/mol. The number of likely N-dealkylation sites (N-methyl/N-ethyl adjacent to an activating group) is 1. The minimum absolute atomic E-state index is 0.0459. The van der Waals surface area contributed by atoms with Gasteiger partial charge in [0.1, 0.15) is 0 Å². The van der Waals surface area contributed by atoms with Crippen molar-refractivity contribution in [1.29, 1.82) is 0 Å². The third kappa shape index (κ3) is 3.37. The van der Waals surface area contributed by atoms with Gasteiger partial charge in [-0.3, -0.25) is 4.72 Å². The quantitative estimate of drug-likeness (QED) is 0.629. The fourth-order valence-electron chi connectivity index (χ4n) is 1.04. The Hall–Kier alpha value is -1.31. The lowest BCUT2D eigenvalue weighted by Crippen LogP contribution is -2.34. The molecule has 0 saturated carbocycles. The van der Waals surface area contributed by atoms with Gasteiger partial charge in [0.05, 0.1) is 6.61 Å². The number of hydrogen-bond donors (Lipinski definition) is 3. The third-order valence-electron chi connectivity index (χ3n) is 1.98. The molecule has 0 radical (unpaired) electrons. The van der Waals surface area contributed by atoms with Gasteiger partial charge in [0, 0.05) is 25.0 Å². The minimum Gasteiger partial charge on any atom is -0.399 e. The van der Waals surface area contributed by atoms with Crippen molar-refractivity contribution in [1.82, 2.24) is 4.31 Å². The van der Waals surface area contributed by atoms with Gasteiger partial charge in [0.15, 0.2) is 0 Å². The molecule has 16 heavy (non-hydrogen) atoms. The summed E-state index contributed by atoms with van der Waals surface area (Å²) < 4.78 is 26.7. The SMILES string of the molecule is CN(CCO)S(=O)(=O)Nc1ccc(N)cc1. The van der Waals surface area contributed by atoms with Gasteiger partial charge >= 0.3 is 10.2 Å². The van der Waals surface area contributed by atoms with E-state index in [1.165, 1.54) is 7.05 Å². The molecule has 0 saturated heterocycles. The Morgan fingerprint density at radius 1 is 1.38 bits per heavy atom. The summed E-state index contributed by atoms with van der Waals surface area (Å²) in [4.78, 5) is 0. The first-order valence-corrected chi connectivity index (χ1v) is 6.10. The molecule has 0 amide bonds. The molecule has 0 heterocycles. The Labute approximate surface area is 94.9 Å². The zero-order chi connectivity index (χ0) is 12.2. The van der Waals surface area contributed by atoms with Crippen LogP contribution in [0.5, 0.6) is 0 Å². The summed E-state index contributed by atoms with van der Waals surface area (Å²) in [5.74, 6) is 0. The summed E-state index contributed by atoms with van der Waals surface area (Å²) in [5, 5.41) is 8.65. The number of anilines is 2. The molecule has 1 rings (SSSR count). The number of aliphatic hydroxyl groups is 1. The summed E-state index contributed by atoms with van der Waals surface area (Å²) >= 11 is 0. The van der Waals surface area contributed by atoms with Gasteiger partial charge < -0.3 is 10.8 Å². The molecule has 0 unspecified atom stereocenters. The van der Waals surface area contributed by atoms with Crippen molar-refractivity contribution < 1.29 is 13.5 Å². The van der Waals surface area contributed by atoms with Crippen LogP contribution in [0.25, 0.3) is 0 Å². The van der Waals surface area contributed by atoms with Gasteiger partial charge in [-0.1, -0.05) is 0 Å². The Morgan fingerprint density at radius 3 is 2.44 bits per heavy atom. The Balaban J connectivity index is 2.76. The van der Waals surface area contributed by atoms with E-state index in [0.29, 0.717) is 11.4 Å². The number of rotatable bonds is 5. The molecule has 1 aromatic rings. The number of nitrogens with two attached hydrogens (primary N) is 1. The average molecular weight is 245 g/mol. The van der Waals surface area contributed by atoms with Crippen molar-refractivity contribution in [3.63, 3.8) is 0 Å². The summed E-state index contributed by atoms with van der Waals surface area (Å²) in [7, 11) is -2.22. The molecule has 0 bridgehead atoms. The fourth-order valence-corrected chi connectivity index (χ4v) is 1.95. The molecule has 0 fully saturated rings. The minimum atomic E-state index is -3.61. The summed E-state index contributed by atoms with van der Waals surface area (Å²) in [6, 6.07) is 6.34. The second kappa shape index (κ2) is 5.15. The van der Waals surface area contributed by atoms with Gasteiger partial charge in [0.25, 0.3) is 0 Å². The van der Waals surface area contributed by atoms with Gasteiger partial charge in [0.2, 0.25) is 0 Å². The lowest BCUT2D eigenvalue weighted by atomic mass is 10.3. The van der Waals surface area contributed by atoms with E-state index < -0.39 is 10.2 Å². The van der Waals surface area contributed by atoms with Crippen LogP contribution >= 0.6 is 0 Å². The number of aliphatic hydroxyl groups excluding tert-OH is 1. The van der Waals surface area contributed by atoms with E-state index in [1.807, 2.05) is 0 Å². The third-order valence-corrected chi connectivity index (χ3v) is 3.48. The molecule has 0 aliphatic heterocycles. The van der Waals surface area contributed by atoms with Crippen LogP contribution in [-0.2, 0) is 10.2 Å². The molecule has 0 aromatic heterocycles. The second-order valence-electron chi connectivity index (χ2n) is 3.27. The number of nitrogens with zero attached hydrogens (tertiary/aromatic N) is 1. The van der Waals surface area contributed by atoms with Crippen LogP contribution in [0, 0.1) is 0 Å². The number of hydrogen-bond acceptors (Lipinski definition) is 4. The van der Waals surface area contributed by atoms with E-state index in [9.17, 15) is 8.42 Å². The molecule has 90 valence electrons. The molecule has 7 heteroatoms. The van der Waals surface area contributed by atoms with Crippen molar-refractivity contribution in [2.24, 2.45) is 0 Å². The molecule has 0 aliphatic rings. The highest BCUT2D eigenvalue weighted by molar-refractivity contribution is 7.90. The summed E-state index contributed by atoms with van der Waals surface area (Å²) in [6.45, 7) is -0.177. The normalized spacial score (nSPS) is 11.7. The van der Waals surface area contributed by atoms with Crippen molar-refractivity contribution in [2.75, 3.05) is 30.7 Å². The van der Waals surface area contributed by atoms with E-state index in [1.54, 1.807) is 24.3 Å². The first-order chi connectivity index (χ1) is 7.45. The van der Waals surface area contributed by atoms with Crippen LogP contribution in [0.2, 0.25) is 0 Å². The molecule has 0 aliphatic carbocycles. The topological polar surface area (TPSA) is 95.7 Å². The van der Waals surface area contributed by atoms with Crippen LogP contribution in [0.4, 0.5) is 11.4 Å². The van der Waals surface area contributed by atoms with Crippen LogP contribution in [0.1, 0.15) is 0 Å². The van der Waals surface area contributed by atoms with Crippen LogP contribution in [-0.4, -0.2) is 38.0 Å². The summed E-state index contributed by atoms with van der Waals surface area (Å²) in [6.07, 6.45) is 0. The van der Waals surface area contributed by atoms with Crippen molar-refractivity contribution >= 4 is 21.6 Å². The first-order valence-electron chi connectivity index (χ1n) is 4.66. The first kappa shape index (κ1) is 12.8. The van der Waals surface area contributed by atoms with E-state index in [4.69, 9.17) is 10.8 Å². The highest BCUT2D eigenvalue weighted by Crippen LogP contribution is 2.13. The number of nitrogens with one attached hydrogen (secondary N) is 1. The highest BCUT2D eigenvalue weighted by atomic mass is 32.2. The number of benzene rings is 1. The van der Waals surface area contributed by atoms with E-state index >= 15 is 0 Å². The zero-order valence-electron chi connectivity index (χ0n) is 8.92. The van der Waals surface area contributed by atoms with Crippen molar-refractivity contribution in [3.8, 4) is 0 Å². The lowest BCUT2D eigenvalue weighted by Gasteiger charge is -2.17. The smallest absolute Gasteiger partial charge is 0.301 e. The standard InChI is InChI=1S/C9H15N3O3S/c1-12(6-7-13)16(14,15)11-9-4-2-8(10)3-5-9/h2-5,11,13H,6-7,10H2,1H3. The Kier molecular flexibility index (Phi) is 4.11. The maximum Gasteiger partial charge on any atom is 0.301 e. The predicted molar refractivity (Wildman–Crippen MR) is 63.1 cm³/mol. The van der Waals surface area contributed by atoms with Crippen molar-refractivity contribution in [2.45, 2.75) is 0 Å². The average Bonchev–Trinajstić information content (AvgIpc) is 2.21. The number of nitrogen functional groups attached to an aromatic ring is 1. The molecule has 4 N–H and O–H groups in total. The van der Waals surface area contributed by atoms with Gasteiger partial charge in [-0.15, -0.1) is 0 Å². The van der Waals surface area contributed by atoms with Gasteiger partial charge in [-0.25, -0.2) is 0 Å². The van der Waals surface area contributed by atoms with Crippen molar-refractivity contribution in [3.05, 3.63) is 24.3 Å². The predicted octanol–water partition coefficient (Wildman–Crippen LogP) is -0.150. The zero-order valence-corrected chi connectivity index (χ0v) is 9.74. The van der Waals surface area contributed by atoms with E-state index in [2.05, 4.69) is 4.72 Å². The highest BCUT2D eigenvalue weighted by Gasteiger charge is 2.16. The van der Waals surface area contributed by atoms with Crippen LogP contribution < -0.4 is 10.5 Å². The van der Waals surface area contributed by atoms with Gasteiger partial charge in [-0.05, 0) is 24.3 Å². The lowest BCUT2D eigenvalue weighted by molar-refractivity contribution is 0.267. The molecule has 1 aromatic carbocycles. The Bertz CT molecular complexity index is 430. The van der Waals surface area contributed by atoms with Crippen LogP contribution in [0.3, 0.4) is 0 Å². The largest absolute Gasteiger partial charge is 0.399 e. The fraction of sp³-hybridized carbons (Fsp3) is 0.333. The molecule has 0 spiro atoms. The van der Waals surface area contributed by atoms with Crippen LogP contribution in [0.15, 0.2) is 24.3 Å². The molecular weight excluding hydrogens is 230 g/mol. The maximum absolute atomic E-state index is 11.6. The summed E-state index contributed by atoms with van der Waals surface area (Å²) in [5.41, 5.74) is 6.47. The Morgan fingerprint density at radius 2 is 1.94 bits per heavy atom. The molecule has 0 atom stereocenters. The molecular formula is C9H15N3O3S. The molecule has 6 nitrogen and oxygen atoms in total.